The number of benzene rings is 1. The van der Waals surface area contributed by atoms with Crippen LogP contribution < -0.4 is 4.74 Å². The second-order valence-corrected chi connectivity index (χ2v) is 2.64. The van der Waals surface area contributed by atoms with Gasteiger partial charge in [-0.15, -0.1) is 0 Å². The summed E-state index contributed by atoms with van der Waals surface area (Å²) in [5.74, 6) is 0.262. The van der Waals surface area contributed by atoms with Crippen molar-refractivity contribution in [2.75, 3.05) is 0 Å². The summed E-state index contributed by atoms with van der Waals surface area (Å²) >= 11 is 0. The summed E-state index contributed by atoms with van der Waals surface area (Å²) in [4.78, 5) is 21.1. The Hall–Kier alpha value is -1.64. The molecule has 3 heteroatoms. The topological polar surface area (TPSA) is 43.4 Å². The second kappa shape index (κ2) is 2.44. The molecule has 1 aromatic carbocycles. The van der Waals surface area contributed by atoms with Crippen LogP contribution in [0.25, 0.3) is 0 Å². The number of esters is 1. The van der Waals surface area contributed by atoms with Gasteiger partial charge in [-0.1, -0.05) is 12.1 Å². The Balaban J connectivity index is 2.48. The number of carbonyl (C=O) groups is 2. The van der Waals surface area contributed by atoms with Gasteiger partial charge in [-0.25, -0.2) is 0 Å². The van der Waals surface area contributed by atoms with Crippen molar-refractivity contribution >= 4 is 12.3 Å². The zero-order valence-corrected chi connectivity index (χ0v) is 6.24. The first-order valence-corrected chi connectivity index (χ1v) is 3.58. The van der Waals surface area contributed by atoms with E-state index in [-0.39, 0.29) is 5.97 Å². The van der Waals surface area contributed by atoms with Crippen molar-refractivity contribution in [2.45, 2.75) is 6.42 Å². The maximum atomic E-state index is 10.8. The molecule has 12 heavy (non-hydrogen) atoms. The molecule has 0 saturated heterocycles. The van der Waals surface area contributed by atoms with E-state index in [1.807, 2.05) is 0 Å². The molecule has 0 radical (unpaired) electrons. The summed E-state index contributed by atoms with van der Waals surface area (Å²) in [6, 6.07) is 4.99. The van der Waals surface area contributed by atoms with E-state index in [4.69, 9.17) is 4.74 Å². The van der Waals surface area contributed by atoms with E-state index >= 15 is 0 Å². The predicted octanol–water partition coefficient (Wildman–Crippen LogP) is 0.961. The Bertz CT molecular complexity index is 355. The Morgan fingerprint density at radius 1 is 1.42 bits per heavy atom. The first kappa shape index (κ1) is 7.03. The first-order chi connectivity index (χ1) is 5.79. The summed E-state index contributed by atoms with van der Waals surface area (Å²) < 4.78 is 4.85. The number of ether oxygens (including phenoxy) is 1. The molecule has 3 nitrogen and oxygen atoms in total. The summed E-state index contributed by atoms with van der Waals surface area (Å²) in [5.41, 5.74) is 1.38. The monoisotopic (exact) mass is 162 g/mol. The molecule has 0 fully saturated rings. The van der Waals surface area contributed by atoms with E-state index in [1.165, 1.54) is 0 Å². The molecule has 0 aromatic heterocycles. The van der Waals surface area contributed by atoms with Crippen LogP contribution in [0.1, 0.15) is 15.9 Å². The molecule has 1 aromatic rings. The average molecular weight is 162 g/mol. The molecule has 0 atom stereocenters. The Labute approximate surface area is 69.0 Å². The van der Waals surface area contributed by atoms with Gasteiger partial charge in [-0.05, 0) is 6.07 Å². The Kier molecular flexibility index (Phi) is 1.43. The van der Waals surface area contributed by atoms with Crippen LogP contribution in [0.15, 0.2) is 18.2 Å². The van der Waals surface area contributed by atoms with Crippen molar-refractivity contribution in [3.05, 3.63) is 29.3 Å². The normalized spacial score (nSPS) is 13.8. The van der Waals surface area contributed by atoms with Gasteiger partial charge in [0.05, 0.1) is 6.42 Å². The Morgan fingerprint density at radius 2 is 2.25 bits per heavy atom. The third-order valence-electron chi connectivity index (χ3n) is 1.79. The number of rotatable bonds is 1. The third-order valence-corrected chi connectivity index (χ3v) is 1.79. The van der Waals surface area contributed by atoms with E-state index in [0.29, 0.717) is 17.7 Å². The van der Waals surface area contributed by atoms with Crippen molar-refractivity contribution in [1.29, 1.82) is 0 Å². The van der Waals surface area contributed by atoms with E-state index in [1.54, 1.807) is 18.2 Å². The van der Waals surface area contributed by atoms with Crippen LogP contribution >= 0.6 is 0 Å². The smallest absolute Gasteiger partial charge is 0.315 e. The van der Waals surface area contributed by atoms with E-state index in [0.717, 1.165) is 11.8 Å². The fourth-order valence-corrected chi connectivity index (χ4v) is 1.20. The van der Waals surface area contributed by atoms with Gasteiger partial charge in [0.25, 0.3) is 0 Å². The molecule has 0 aliphatic carbocycles. The maximum absolute atomic E-state index is 10.8. The zero-order chi connectivity index (χ0) is 8.55. The van der Waals surface area contributed by atoms with E-state index in [2.05, 4.69) is 0 Å². The van der Waals surface area contributed by atoms with Gasteiger partial charge < -0.3 is 4.74 Å². The number of fused-ring (bicyclic) bond motifs is 1. The molecule has 0 saturated carbocycles. The SMILES string of the molecule is O=Cc1ccc2c(c1)OC(=O)C2. The van der Waals surface area contributed by atoms with Crippen LogP contribution in [0.5, 0.6) is 5.75 Å². The summed E-state index contributed by atoms with van der Waals surface area (Å²) in [6.45, 7) is 0. The predicted molar refractivity (Wildman–Crippen MR) is 41.2 cm³/mol. The van der Waals surface area contributed by atoms with Crippen molar-refractivity contribution in [1.82, 2.24) is 0 Å². The minimum Gasteiger partial charge on any atom is -0.426 e. The highest BCUT2D eigenvalue weighted by Crippen LogP contribution is 2.26. The highest BCUT2D eigenvalue weighted by atomic mass is 16.5. The van der Waals surface area contributed by atoms with Crippen molar-refractivity contribution in [3.8, 4) is 5.75 Å². The second-order valence-electron chi connectivity index (χ2n) is 2.64. The van der Waals surface area contributed by atoms with Crippen LogP contribution in [0, 0.1) is 0 Å². The minimum absolute atomic E-state index is 0.256. The van der Waals surface area contributed by atoms with Gasteiger partial charge in [0, 0.05) is 11.1 Å². The highest BCUT2D eigenvalue weighted by Gasteiger charge is 2.19. The van der Waals surface area contributed by atoms with Crippen LogP contribution in [-0.2, 0) is 11.2 Å². The fraction of sp³-hybridized carbons (Fsp3) is 0.111. The lowest BCUT2D eigenvalue weighted by atomic mass is 10.1. The molecule has 1 aliphatic rings. The summed E-state index contributed by atoms with van der Waals surface area (Å²) in [6.07, 6.45) is 1.04. The van der Waals surface area contributed by atoms with Crippen molar-refractivity contribution < 1.29 is 14.3 Å². The lowest BCUT2D eigenvalue weighted by Gasteiger charge is -1.95. The van der Waals surface area contributed by atoms with Gasteiger partial charge in [0.15, 0.2) is 0 Å². The van der Waals surface area contributed by atoms with Gasteiger partial charge in [-0.3, -0.25) is 9.59 Å². The lowest BCUT2D eigenvalue weighted by Crippen LogP contribution is -2.00. The van der Waals surface area contributed by atoms with Crippen molar-refractivity contribution in [2.24, 2.45) is 0 Å². The molecule has 0 amide bonds. The number of hydrogen-bond donors (Lipinski definition) is 0. The number of aldehydes is 1. The molecule has 0 spiro atoms. The van der Waals surface area contributed by atoms with E-state index < -0.39 is 0 Å². The summed E-state index contributed by atoms with van der Waals surface area (Å²) in [7, 11) is 0. The molecular formula is C9H6O3. The average Bonchev–Trinajstić information content (AvgIpc) is 2.43. The molecular weight excluding hydrogens is 156 g/mol. The lowest BCUT2D eigenvalue weighted by molar-refractivity contribution is -0.131. The minimum atomic E-state index is -0.256. The van der Waals surface area contributed by atoms with Crippen LogP contribution in [0.4, 0.5) is 0 Å². The number of hydrogen-bond acceptors (Lipinski definition) is 3. The van der Waals surface area contributed by atoms with Crippen LogP contribution in [0.3, 0.4) is 0 Å². The Morgan fingerprint density at radius 3 is 3.00 bits per heavy atom. The van der Waals surface area contributed by atoms with Gasteiger partial charge in [0.2, 0.25) is 0 Å². The van der Waals surface area contributed by atoms with Crippen LogP contribution in [0.2, 0.25) is 0 Å². The molecule has 1 aliphatic heterocycles. The van der Waals surface area contributed by atoms with Gasteiger partial charge >= 0.3 is 5.97 Å². The van der Waals surface area contributed by atoms with Gasteiger partial charge in [0.1, 0.15) is 12.0 Å². The summed E-state index contributed by atoms with van der Waals surface area (Å²) in [5, 5.41) is 0. The number of carbonyl (C=O) groups excluding carboxylic acids is 2. The van der Waals surface area contributed by atoms with Crippen molar-refractivity contribution in [3.63, 3.8) is 0 Å². The molecule has 60 valence electrons. The standard InChI is InChI=1S/C9H6O3/c10-5-6-1-2-7-4-9(11)12-8(7)3-6/h1-3,5H,4H2. The van der Waals surface area contributed by atoms with E-state index in [9.17, 15) is 9.59 Å². The first-order valence-electron chi connectivity index (χ1n) is 3.58. The quantitative estimate of drug-likeness (QED) is 0.351. The zero-order valence-electron chi connectivity index (χ0n) is 6.24. The molecule has 2 rings (SSSR count). The molecule has 1 heterocycles. The maximum Gasteiger partial charge on any atom is 0.315 e. The van der Waals surface area contributed by atoms with Crippen LogP contribution in [-0.4, -0.2) is 12.3 Å². The molecule has 0 unspecified atom stereocenters. The highest BCUT2D eigenvalue weighted by molar-refractivity contribution is 5.83. The molecule has 0 N–H and O–H groups in total. The fourth-order valence-electron chi connectivity index (χ4n) is 1.20. The van der Waals surface area contributed by atoms with Gasteiger partial charge in [-0.2, -0.15) is 0 Å². The molecule has 0 bridgehead atoms. The third kappa shape index (κ3) is 0.993. The largest absolute Gasteiger partial charge is 0.426 e.